The molecular weight excluding hydrogens is 254 g/mol. The fourth-order valence-corrected chi connectivity index (χ4v) is 1.57. The molecule has 0 saturated carbocycles. The van der Waals surface area contributed by atoms with E-state index in [1.807, 2.05) is 0 Å². The van der Waals surface area contributed by atoms with Gasteiger partial charge in [-0.2, -0.15) is 0 Å². The zero-order chi connectivity index (χ0) is 14.0. The molecule has 0 fully saturated rings. The molecule has 0 spiro atoms. The summed E-state index contributed by atoms with van der Waals surface area (Å²) in [5, 5.41) is 2.54. The number of nitrogens with two attached hydrogens (primary N) is 1. The molecule has 0 atom stereocenters. The van der Waals surface area contributed by atoms with Crippen molar-refractivity contribution >= 4 is 17.3 Å². The highest BCUT2D eigenvalue weighted by molar-refractivity contribution is 5.68. The van der Waals surface area contributed by atoms with E-state index in [2.05, 4.69) is 15.3 Å². The lowest BCUT2D eigenvalue weighted by molar-refractivity contribution is 0.415. The van der Waals surface area contributed by atoms with Gasteiger partial charge in [-0.25, -0.2) is 18.7 Å². The summed E-state index contributed by atoms with van der Waals surface area (Å²) in [7, 11) is 1.36. The minimum atomic E-state index is -0.734. The molecule has 19 heavy (non-hydrogen) atoms. The first-order chi connectivity index (χ1) is 9.04. The smallest absolute Gasteiger partial charge is 0.204 e. The van der Waals surface area contributed by atoms with E-state index in [1.165, 1.54) is 26.4 Å². The molecule has 0 amide bonds. The third-order valence-corrected chi connectivity index (χ3v) is 2.56. The van der Waals surface area contributed by atoms with Gasteiger partial charge >= 0.3 is 0 Å². The number of anilines is 3. The molecule has 0 aliphatic heterocycles. The van der Waals surface area contributed by atoms with E-state index in [0.29, 0.717) is 5.56 Å². The predicted molar refractivity (Wildman–Crippen MR) is 67.4 cm³/mol. The van der Waals surface area contributed by atoms with Crippen molar-refractivity contribution in [1.82, 2.24) is 9.97 Å². The van der Waals surface area contributed by atoms with E-state index in [0.717, 1.165) is 6.07 Å². The number of nitrogen functional groups attached to an aromatic ring is 1. The Morgan fingerprint density at radius 3 is 2.68 bits per heavy atom. The van der Waals surface area contributed by atoms with Gasteiger partial charge in [-0.05, 0) is 18.6 Å². The van der Waals surface area contributed by atoms with Crippen LogP contribution in [0.4, 0.5) is 26.1 Å². The zero-order valence-corrected chi connectivity index (χ0v) is 10.4. The molecule has 0 radical (unpaired) electrons. The normalized spacial score (nSPS) is 10.3. The van der Waals surface area contributed by atoms with Gasteiger partial charge in [-0.15, -0.1) is 0 Å². The number of rotatable bonds is 3. The molecule has 0 aliphatic rings. The third kappa shape index (κ3) is 2.40. The van der Waals surface area contributed by atoms with Crippen LogP contribution in [0.3, 0.4) is 0 Å². The van der Waals surface area contributed by atoms with Gasteiger partial charge in [0.05, 0.1) is 7.11 Å². The Hall–Kier alpha value is -2.44. The fourth-order valence-electron chi connectivity index (χ4n) is 1.57. The molecular formula is C12H12F2N4O. The minimum absolute atomic E-state index is 0.0773. The number of methoxy groups -OCH3 is 1. The van der Waals surface area contributed by atoms with Gasteiger partial charge in [0, 0.05) is 0 Å². The number of aryl methyl sites for hydroxylation is 1. The van der Waals surface area contributed by atoms with Crippen LogP contribution >= 0.6 is 0 Å². The molecule has 7 heteroatoms. The van der Waals surface area contributed by atoms with Crippen LogP contribution < -0.4 is 15.8 Å². The Labute approximate surface area is 108 Å². The Balaban J connectivity index is 2.48. The average Bonchev–Trinajstić information content (AvgIpc) is 2.39. The summed E-state index contributed by atoms with van der Waals surface area (Å²) in [5.74, 6) is -1.13. The van der Waals surface area contributed by atoms with Crippen molar-refractivity contribution in [3.63, 3.8) is 0 Å². The van der Waals surface area contributed by atoms with Crippen molar-refractivity contribution in [3.05, 3.63) is 35.7 Å². The molecule has 2 rings (SSSR count). The molecule has 0 saturated heterocycles. The van der Waals surface area contributed by atoms with Gasteiger partial charge in [0.25, 0.3) is 0 Å². The number of benzene rings is 1. The van der Waals surface area contributed by atoms with Crippen molar-refractivity contribution < 1.29 is 13.5 Å². The van der Waals surface area contributed by atoms with Gasteiger partial charge in [-0.3, -0.25) is 0 Å². The maximum absolute atomic E-state index is 13.9. The van der Waals surface area contributed by atoms with Crippen LogP contribution in [-0.4, -0.2) is 17.1 Å². The molecule has 3 N–H and O–H groups in total. The Morgan fingerprint density at radius 1 is 1.26 bits per heavy atom. The number of nitrogens with one attached hydrogen (secondary N) is 1. The van der Waals surface area contributed by atoms with Crippen molar-refractivity contribution in [1.29, 1.82) is 0 Å². The van der Waals surface area contributed by atoms with Crippen LogP contribution in [0.15, 0.2) is 18.5 Å². The first-order valence-electron chi connectivity index (χ1n) is 5.40. The van der Waals surface area contributed by atoms with Gasteiger partial charge in [0.2, 0.25) is 5.75 Å². The third-order valence-electron chi connectivity index (χ3n) is 2.56. The Morgan fingerprint density at radius 2 is 2.00 bits per heavy atom. The molecule has 2 aromatic rings. The van der Waals surface area contributed by atoms with Crippen molar-refractivity contribution in [2.75, 3.05) is 18.2 Å². The molecule has 1 aromatic heterocycles. The monoisotopic (exact) mass is 266 g/mol. The fraction of sp³-hybridized carbons (Fsp3) is 0.167. The van der Waals surface area contributed by atoms with Crippen molar-refractivity contribution in [3.8, 4) is 5.75 Å². The summed E-state index contributed by atoms with van der Waals surface area (Å²) in [4.78, 5) is 7.59. The van der Waals surface area contributed by atoms with Crippen LogP contribution in [-0.2, 0) is 0 Å². The van der Waals surface area contributed by atoms with E-state index < -0.39 is 11.6 Å². The standard InChI is InChI=1S/C12H12F2N4O/c1-6-3-4-7(13)9(8(6)14)18-12-10(19-2)11(15)16-5-17-12/h3-5H,1-2H3,(H3,15,16,17,18). The summed E-state index contributed by atoms with van der Waals surface area (Å²) in [5.41, 5.74) is 5.59. The Kier molecular flexibility index (Phi) is 3.46. The topological polar surface area (TPSA) is 73.1 Å². The maximum Gasteiger partial charge on any atom is 0.204 e. The lowest BCUT2D eigenvalue weighted by atomic mass is 10.2. The number of ether oxygens (including phenoxy) is 1. The lowest BCUT2D eigenvalue weighted by Gasteiger charge is -2.13. The van der Waals surface area contributed by atoms with Gasteiger partial charge < -0.3 is 15.8 Å². The average molecular weight is 266 g/mol. The van der Waals surface area contributed by atoms with Crippen LogP contribution in [0.1, 0.15) is 5.56 Å². The summed E-state index contributed by atoms with van der Waals surface area (Å²) < 4.78 is 32.5. The number of hydrogen-bond donors (Lipinski definition) is 2. The molecule has 0 unspecified atom stereocenters. The summed E-state index contributed by atoms with van der Waals surface area (Å²) >= 11 is 0. The molecule has 0 aliphatic carbocycles. The lowest BCUT2D eigenvalue weighted by Crippen LogP contribution is -2.05. The molecule has 5 nitrogen and oxygen atoms in total. The Bertz CT molecular complexity index is 619. The number of hydrogen-bond acceptors (Lipinski definition) is 5. The predicted octanol–water partition coefficient (Wildman–Crippen LogP) is 2.40. The first-order valence-corrected chi connectivity index (χ1v) is 5.40. The number of aromatic nitrogens is 2. The number of nitrogens with zero attached hydrogens (tertiary/aromatic N) is 2. The van der Waals surface area contributed by atoms with E-state index in [4.69, 9.17) is 10.5 Å². The maximum atomic E-state index is 13.9. The van der Waals surface area contributed by atoms with Crippen LogP contribution in [0, 0.1) is 18.6 Å². The molecule has 1 aromatic carbocycles. The van der Waals surface area contributed by atoms with Gasteiger partial charge in [-0.1, -0.05) is 6.07 Å². The molecule has 100 valence electrons. The SMILES string of the molecule is COc1c(N)ncnc1Nc1c(F)ccc(C)c1F. The zero-order valence-electron chi connectivity index (χ0n) is 10.4. The second-order valence-corrected chi connectivity index (χ2v) is 3.82. The van der Waals surface area contributed by atoms with Gasteiger partial charge in [0.15, 0.2) is 17.5 Å². The highest BCUT2D eigenvalue weighted by Gasteiger charge is 2.16. The second-order valence-electron chi connectivity index (χ2n) is 3.82. The second kappa shape index (κ2) is 5.05. The van der Waals surface area contributed by atoms with E-state index in [-0.39, 0.29) is 23.1 Å². The number of halogens is 2. The van der Waals surface area contributed by atoms with Crippen LogP contribution in [0.2, 0.25) is 0 Å². The van der Waals surface area contributed by atoms with E-state index in [9.17, 15) is 8.78 Å². The molecule has 1 heterocycles. The minimum Gasteiger partial charge on any atom is -0.490 e. The van der Waals surface area contributed by atoms with E-state index in [1.54, 1.807) is 0 Å². The van der Waals surface area contributed by atoms with Crippen LogP contribution in [0.25, 0.3) is 0 Å². The van der Waals surface area contributed by atoms with Gasteiger partial charge in [0.1, 0.15) is 17.8 Å². The first kappa shape index (κ1) is 13.0. The summed E-state index contributed by atoms with van der Waals surface area (Å²) in [6.07, 6.45) is 1.17. The summed E-state index contributed by atoms with van der Waals surface area (Å²) in [6.45, 7) is 1.53. The molecule has 0 bridgehead atoms. The summed E-state index contributed by atoms with van der Waals surface area (Å²) in [6, 6.07) is 2.51. The van der Waals surface area contributed by atoms with Crippen molar-refractivity contribution in [2.45, 2.75) is 6.92 Å². The quantitative estimate of drug-likeness (QED) is 0.892. The highest BCUT2D eigenvalue weighted by atomic mass is 19.1. The van der Waals surface area contributed by atoms with E-state index >= 15 is 0 Å². The van der Waals surface area contributed by atoms with Crippen molar-refractivity contribution in [2.24, 2.45) is 0 Å². The van der Waals surface area contributed by atoms with Crippen LogP contribution in [0.5, 0.6) is 5.75 Å². The largest absolute Gasteiger partial charge is 0.490 e. The highest BCUT2D eigenvalue weighted by Crippen LogP contribution is 2.31.